The fraction of sp³-hybridized carbons (Fsp3) is 0.0769. The van der Waals surface area contributed by atoms with E-state index >= 15 is 0 Å². The van der Waals surface area contributed by atoms with E-state index in [1.807, 2.05) is 30.3 Å². The molecule has 0 spiro atoms. The van der Waals surface area contributed by atoms with Gasteiger partial charge in [0.25, 0.3) is 0 Å². The summed E-state index contributed by atoms with van der Waals surface area (Å²) in [5.41, 5.74) is 1.96. The zero-order valence-electron chi connectivity index (χ0n) is 8.51. The number of phenolic OH excluding ortho intramolecular Hbond substituents is 1. The molecule has 1 N–H and O–H groups in total. The average molecular weight is 214 g/mol. The molecule has 0 atom stereocenters. The highest BCUT2D eigenvalue weighted by Gasteiger charge is 2.13. The van der Waals surface area contributed by atoms with Crippen LogP contribution in [-0.2, 0) is 0 Å². The zero-order chi connectivity index (χ0) is 11.0. The molecule has 0 aliphatic carbocycles. The van der Waals surface area contributed by atoms with Gasteiger partial charge in [-0.15, -0.1) is 0 Å². The second-order valence-corrected chi connectivity index (χ2v) is 3.62. The second kappa shape index (κ2) is 3.45. The van der Waals surface area contributed by atoms with Gasteiger partial charge in [0.1, 0.15) is 5.75 Å². The molecule has 80 valence electrons. The number of rotatable bonds is 1. The van der Waals surface area contributed by atoms with Crippen molar-refractivity contribution in [1.82, 2.24) is 0 Å². The zero-order valence-corrected chi connectivity index (χ0v) is 8.51. The summed E-state index contributed by atoms with van der Waals surface area (Å²) in [5.74, 6) is 1.78. The first-order chi connectivity index (χ1) is 7.83. The Morgan fingerprint density at radius 1 is 0.875 bits per heavy atom. The van der Waals surface area contributed by atoms with E-state index in [4.69, 9.17) is 9.47 Å². The SMILES string of the molecule is Oc1cccc(-c2ccc3c(c2)OCO3)c1. The predicted octanol–water partition coefficient (Wildman–Crippen LogP) is 2.79. The molecule has 1 aliphatic heterocycles. The lowest BCUT2D eigenvalue weighted by Gasteiger charge is -2.03. The highest BCUT2D eigenvalue weighted by molar-refractivity contribution is 5.68. The van der Waals surface area contributed by atoms with Gasteiger partial charge in [-0.05, 0) is 35.4 Å². The van der Waals surface area contributed by atoms with Crippen LogP contribution in [0.1, 0.15) is 0 Å². The van der Waals surface area contributed by atoms with E-state index in [1.165, 1.54) is 0 Å². The van der Waals surface area contributed by atoms with E-state index in [-0.39, 0.29) is 12.5 Å². The fourth-order valence-corrected chi connectivity index (χ4v) is 1.76. The molecule has 2 aromatic rings. The highest BCUT2D eigenvalue weighted by atomic mass is 16.7. The summed E-state index contributed by atoms with van der Waals surface area (Å²) >= 11 is 0. The first-order valence-electron chi connectivity index (χ1n) is 5.02. The smallest absolute Gasteiger partial charge is 0.231 e. The van der Waals surface area contributed by atoms with E-state index in [2.05, 4.69) is 0 Å². The molecule has 3 nitrogen and oxygen atoms in total. The lowest BCUT2D eigenvalue weighted by molar-refractivity contribution is 0.174. The van der Waals surface area contributed by atoms with Crippen LogP contribution in [-0.4, -0.2) is 11.9 Å². The number of fused-ring (bicyclic) bond motifs is 1. The Kier molecular flexibility index (Phi) is 1.96. The minimum Gasteiger partial charge on any atom is -0.508 e. The van der Waals surface area contributed by atoms with Crippen molar-refractivity contribution >= 4 is 0 Å². The van der Waals surface area contributed by atoms with Crippen molar-refractivity contribution < 1.29 is 14.6 Å². The van der Waals surface area contributed by atoms with Crippen molar-refractivity contribution in [1.29, 1.82) is 0 Å². The summed E-state index contributed by atoms with van der Waals surface area (Å²) in [6, 6.07) is 12.9. The lowest BCUT2D eigenvalue weighted by atomic mass is 10.1. The topological polar surface area (TPSA) is 38.7 Å². The van der Waals surface area contributed by atoms with Crippen LogP contribution in [0.3, 0.4) is 0 Å². The number of phenols is 1. The van der Waals surface area contributed by atoms with Gasteiger partial charge in [0.05, 0.1) is 0 Å². The third-order valence-corrected chi connectivity index (χ3v) is 2.55. The third kappa shape index (κ3) is 1.46. The van der Waals surface area contributed by atoms with Crippen LogP contribution in [0.25, 0.3) is 11.1 Å². The molecule has 0 aromatic heterocycles. The predicted molar refractivity (Wildman–Crippen MR) is 59.7 cm³/mol. The van der Waals surface area contributed by atoms with Crippen LogP contribution in [0.2, 0.25) is 0 Å². The molecule has 0 saturated carbocycles. The summed E-state index contributed by atoms with van der Waals surface area (Å²) in [5, 5.41) is 9.41. The maximum atomic E-state index is 9.41. The molecule has 16 heavy (non-hydrogen) atoms. The van der Waals surface area contributed by atoms with Crippen LogP contribution in [0.4, 0.5) is 0 Å². The highest BCUT2D eigenvalue weighted by Crippen LogP contribution is 2.36. The van der Waals surface area contributed by atoms with Crippen LogP contribution in [0, 0.1) is 0 Å². The summed E-state index contributed by atoms with van der Waals surface area (Å²) in [4.78, 5) is 0. The van der Waals surface area contributed by atoms with Gasteiger partial charge >= 0.3 is 0 Å². The monoisotopic (exact) mass is 214 g/mol. The summed E-state index contributed by atoms with van der Waals surface area (Å²) < 4.78 is 10.5. The Morgan fingerprint density at radius 2 is 1.69 bits per heavy atom. The van der Waals surface area contributed by atoms with Crippen LogP contribution < -0.4 is 9.47 Å². The average Bonchev–Trinajstić information content (AvgIpc) is 2.75. The van der Waals surface area contributed by atoms with Gasteiger partial charge < -0.3 is 14.6 Å². The number of benzene rings is 2. The normalized spacial score (nSPS) is 12.8. The minimum atomic E-state index is 0.259. The van der Waals surface area contributed by atoms with Crippen molar-refractivity contribution in [3.05, 3.63) is 42.5 Å². The van der Waals surface area contributed by atoms with Crippen LogP contribution in [0.5, 0.6) is 17.2 Å². The standard InChI is InChI=1S/C13H10O3/c14-11-3-1-2-9(6-11)10-4-5-12-13(7-10)16-8-15-12/h1-7,14H,8H2. The molecule has 3 rings (SSSR count). The molecule has 1 heterocycles. The number of ether oxygens (including phenoxy) is 2. The van der Waals surface area contributed by atoms with Crippen molar-refractivity contribution in [3.8, 4) is 28.4 Å². The Morgan fingerprint density at radius 3 is 2.56 bits per heavy atom. The molecular weight excluding hydrogens is 204 g/mol. The van der Waals surface area contributed by atoms with Crippen LogP contribution >= 0.6 is 0 Å². The molecule has 0 fully saturated rings. The molecule has 0 amide bonds. The first kappa shape index (κ1) is 9.09. The second-order valence-electron chi connectivity index (χ2n) is 3.62. The molecule has 2 aromatic carbocycles. The van der Waals surface area contributed by atoms with Crippen molar-refractivity contribution in [3.63, 3.8) is 0 Å². The van der Waals surface area contributed by atoms with Gasteiger partial charge in [-0.1, -0.05) is 18.2 Å². The van der Waals surface area contributed by atoms with Crippen molar-refractivity contribution in [2.24, 2.45) is 0 Å². The Labute approximate surface area is 92.9 Å². The van der Waals surface area contributed by atoms with Gasteiger partial charge in [0.15, 0.2) is 11.5 Å². The summed E-state index contributed by atoms with van der Waals surface area (Å²) in [7, 11) is 0. The number of aromatic hydroxyl groups is 1. The maximum absolute atomic E-state index is 9.41. The van der Waals surface area contributed by atoms with Crippen LogP contribution in [0.15, 0.2) is 42.5 Å². The molecule has 1 aliphatic rings. The summed E-state index contributed by atoms with van der Waals surface area (Å²) in [6.45, 7) is 0.277. The van der Waals surface area contributed by atoms with E-state index in [0.29, 0.717) is 0 Å². The van der Waals surface area contributed by atoms with E-state index in [0.717, 1.165) is 22.6 Å². The Balaban J connectivity index is 2.07. The van der Waals surface area contributed by atoms with Gasteiger partial charge in [-0.3, -0.25) is 0 Å². The summed E-state index contributed by atoms with van der Waals surface area (Å²) in [6.07, 6.45) is 0. The van der Waals surface area contributed by atoms with E-state index in [9.17, 15) is 5.11 Å². The molecule has 0 bridgehead atoms. The number of hydrogen-bond acceptors (Lipinski definition) is 3. The van der Waals surface area contributed by atoms with Gasteiger partial charge in [-0.2, -0.15) is 0 Å². The Bertz CT molecular complexity index is 534. The van der Waals surface area contributed by atoms with E-state index < -0.39 is 0 Å². The fourth-order valence-electron chi connectivity index (χ4n) is 1.76. The van der Waals surface area contributed by atoms with E-state index in [1.54, 1.807) is 12.1 Å². The Hall–Kier alpha value is -2.16. The minimum absolute atomic E-state index is 0.259. The number of hydrogen-bond donors (Lipinski definition) is 1. The quantitative estimate of drug-likeness (QED) is 0.793. The van der Waals surface area contributed by atoms with Crippen molar-refractivity contribution in [2.75, 3.05) is 6.79 Å². The first-order valence-corrected chi connectivity index (χ1v) is 5.02. The third-order valence-electron chi connectivity index (χ3n) is 2.55. The van der Waals surface area contributed by atoms with Gasteiger partial charge in [0.2, 0.25) is 6.79 Å². The molecule has 0 radical (unpaired) electrons. The van der Waals surface area contributed by atoms with Gasteiger partial charge in [-0.25, -0.2) is 0 Å². The molecule has 0 saturated heterocycles. The molecular formula is C13H10O3. The molecule has 0 unspecified atom stereocenters. The van der Waals surface area contributed by atoms with Gasteiger partial charge in [0, 0.05) is 0 Å². The lowest BCUT2D eigenvalue weighted by Crippen LogP contribution is -1.92. The van der Waals surface area contributed by atoms with Crippen molar-refractivity contribution in [2.45, 2.75) is 0 Å². The largest absolute Gasteiger partial charge is 0.508 e. The molecule has 3 heteroatoms. The maximum Gasteiger partial charge on any atom is 0.231 e.